The number of aromatic nitrogens is 1. The summed E-state index contributed by atoms with van der Waals surface area (Å²) in [6.07, 6.45) is 3.84. The van der Waals surface area contributed by atoms with Gasteiger partial charge in [-0.1, -0.05) is 22.9 Å². The first-order valence-corrected chi connectivity index (χ1v) is 13.8. The molecule has 214 valence electrons. The monoisotopic (exact) mass is 559 g/mol. The third-order valence-corrected chi connectivity index (χ3v) is 6.97. The Kier molecular flexibility index (Phi) is 8.03. The van der Waals surface area contributed by atoms with Crippen molar-refractivity contribution in [3.63, 3.8) is 0 Å². The van der Waals surface area contributed by atoms with E-state index in [4.69, 9.17) is 20.8 Å². The fourth-order valence-electron chi connectivity index (χ4n) is 4.72. The van der Waals surface area contributed by atoms with Crippen molar-refractivity contribution >= 4 is 29.3 Å². The molecule has 2 fully saturated rings. The Morgan fingerprint density at radius 2 is 1.95 bits per heavy atom. The molecule has 0 bridgehead atoms. The van der Waals surface area contributed by atoms with Crippen molar-refractivity contribution in [1.82, 2.24) is 15.2 Å². The lowest BCUT2D eigenvalue weighted by molar-refractivity contribution is -0.506. The van der Waals surface area contributed by atoms with Crippen LogP contribution in [-0.4, -0.2) is 77.1 Å². The normalized spacial score (nSPS) is 17.9. The molecular formula is C30H35N6O5+. The van der Waals surface area contributed by atoms with Gasteiger partial charge < -0.3 is 24.4 Å². The Morgan fingerprint density at radius 1 is 1.20 bits per heavy atom. The van der Waals surface area contributed by atoms with E-state index in [0.29, 0.717) is 72.8 Å². The van der Waals surface area contributed by atoms with E-state index in [1.54, 1.807) is 66.9 Å². The quantitative estimate of drug-likeness (QED) is 0.417. The molecule has 1 saturated heterocycles. The highest BCUT2D eigenvalue weighted by atomic mass is 16.6. The summed E-state index contributed by atoms with van der Waals surface area (Å²) in [6, 6.07) is 7.78. The number of carbonyl (C=O) groups excluding carboxylic acids is 2. The number of amides is 2. The number of rotatable bonds is 6. The summed E-state index contributed by atoms with van der Waals surface area (Å²) in [5, 5.41) is 7.36. The molecule has 1 aromatic carbocycles. The first-order valence-electron chi connectivity index (χ1n) is 13.8. The van der Waals surface area contributed by atoms with Gasteiger partial charge in [-0.2, -0.15) is 0 Å². The van der Waals surface area contributed by atoms with Crippen LogP contribution in [0.4, 0.5) is 10.5 Å². The summed E-state index contributed by atoms with van der Waals surface area (Å²) < 4.78 is 18.9. The van der Waals surface area contributed by atoms with Gasteiger partial charge in [0.2, 0.25) is 5.91 Å². The second kappa shape index (κ2) is 11.7. The average molecular weight is 560 g/mol. The minimum absolute atomic E-state index is 0.258. The second-order valence-electron chi connectivity index (χ2n) is 11.3. The lowest BCUT2D eigenvalue weighted by Gasteiger charge is -2.31. The lowest BCUT2D eigenvalue weighted by Crippen LogP contribution is -2.48. The first-order chi connectivity index (χ1) is 19.6. The number of nitrogens with zero attached hydrogens (tertiary/aromatic N) is 5. The van der Waals surface area contributed by atoms with Gasteiger partial charge in [-0.05, 0) is 50.8 Å². The lowest BCUT2D eigenvalue weighted by atomic mass is 10.0. The molecule has 1 unspecified atom stereocenters. The number of hydrogen-bond acceptors (Lipinski definition) is 7. The molecule has 1 N–H and O–H groups in total. The summed E-state index contributed by atoms with van der Waals surface area (Å²) in [5.41, 5.74) is 2.66. The number of benzene rings is 1. The fourth-order valence-corrected chi connectivity index (χ4v) is 4.72. The van der Waals surface area contributed by atoms with Gasteiger partial charge in [0.15, 0.2) is 12.7 Å². The predicted molar refractivity (Wildman–Crippen MR) is 152 cm³/mol. The minimum atomic E-state index is -0.981. The molecule has 2 aliphatic heterocycles. The minimum Gasteiger partial charge on any atom is -0.444 e. The molecule has 1 aliphatic carbocycles. The standard InChI is InChI=1S/C30H34N6O5/c1-30(2,3)41-29(38)33-27(28(37)36-12-14-39-15-13-36)20-8-11-23(32-18-20)22-10-9-21(31-4)16-25(22)40-26-17-24(19-6-7-19)34-35(26)5/h8-11,16,18-19,27H,6-7,12-15,17H2,1-3,5H3/p+1. The molecular weight excluding hydrogens is 524 g/mol. The maximum atomic E-state index is 13.5. The second-order valence-corrected chi connectivity index (χ2v) is 11.3. The van der Waals surface area contributed by atoms with Crippen molar-refractivity contribution in [2.24, 2.45) is 11.0 Å². The van der Waals surface area contributed by atoms with Crippen molar-refractivity contribution in [3.05, 3.63) is 53.5 Å². The van der Waals surface area contributed by atoms with Gasteiger partial charge in [0.25, 0.3) is 0 Å². The van der Waals surface area contributed by atoms with Crippen LogP contribution in [0.3, 0.4) is 0 Å². The van der Waals surface area contributed by atoms with Crippen LogP contribution in [0, 0.1) is 12.5 Å². The molecule has 11 nitrogen and oxygen atoms in total. The fraction of sp³-hybridized carbons (Fsp3) is 0.467. The van der Waals surface area contributed by atoms with E-state index in [1.807, 2.05) is 7.05 Å². The maximum absolute atomic E-state index is 13.5. The molecule has 0 spiro atoms. The van der Waals surface area contributed by atoms with E-state index >= 15 is 0 Å². The zero-order valence-corrected chi connectivity index (χ0v) is 23.8. The smallest absolute Gasteiger partial charge is 0.408 e. The first kappa shape index (κ1) is 28.2. The third kappa shape index (κ3) is 6.89. The molecule has 41 heavy (non-hydrogen) atoms. The van der Waals surface area contributed by atoms with Crippen molar-refractivity contribution < 1.29 is 28.5 Å². The number of ether oxygens (including phenoxy) is 3. The predicted octanol–water partition coefficient (Wildman–Crippen LogP) is 4.31. The van der Waals surface area contributed by atoms with E-state index < -0.39 is 17.7 Å². The third-order valence-electron chi connectivity index (χ3n) is 6.97. The summed E-state index contributed by atoms with van der Waals surface area (Å²) in [6.45, 7) is 14.5. The Labute approximate surface area is 239 Å². The van der Waals surface area contributed by atoms with Gasteiger partial charge in [-0.3, -0.25) is 9.78 Å². The number of hydrazone groups is 1. The van der Waals surface area contributed by atoms with Crippen LogP contribution in [0.15, 0.2) is 41.6 Å². The summed E-state index contributed by atoms with van der Waals surface area (Å²) in [7, 11) is 1.86. The molecule has 3 heterocycles. The van der Waals surface area contributed by atoms with Crippen molar-refractivity contribution in [2.45, 2.75) is 51.7 Å². The van der Waals surface area contributed by atoms with E-state index in [1.165, 1.54) is 0 Å². The average Bonchev–Trinajstić information content (AvgIpc) is 3.74. The van der Waals surface area contributed by atoms with E-state index in [2.05, 4.69) is 20.2 Å². The Balaban J connectivity index is 1.40. The molecule has 1 aromatic heterocycles. The molecule has 5 rings (SSSR count). The molecule has 11 heteroatoms. The van der Waals surface area contributed by atoms with Crippen LogP contribution in [0.1, 0.15) is 51.6 Å². The van der Waals surface area contributed by atoms with Crippen LogP contribution in [-0.2, 0) is 14.3 Å². The van der Waals surface area contributed by atoms with Crippen LogP contribution in [0.25, 0.3) is 16.1 Å². The molecule has 1 atom stereocenters. The molecule has 3 aliphatic rings. The summed E-state index contributed by atoms with van der Waals surface area (Å²) >= 11 is 0. The number of pyridine rings is 1. The van der Waals surface area contributed by atoms with E-state index in [9.17, 15) is 9.59 Å². The van der Waals surface area contributed by atoms with Crippen LogP contribution in [0.2, 0.25) is 0 Å². The highest BCUT2D eigenvalue weighted by Gasteiger charge is 2.37. The molecule has 1 saturated carbocycles. The zero-order chi connectivity index (χ0) is 29.1. The van der Waals surface area contributed by atoms with Gasteiger partial charge >= 0.3 is 12.0 Å². The van der Waals surface area contributed by atoms with Gasteiger partial charge in [0.05, 0.1) is 25.5 Å². The number of morpholine rings is 1. The van der Waals surface area contributed by atoms with E-state index in [-0.39, 0.29) is 5.91 Å². The maximum Gasteiger partial charge on any atom is 0.408 e. The van der Waals surface area contributed by atoms with Crippen molar-refractivity contribution in [2.75, 3.05) is 33.4 Å². The van der Waals surface area contributed by atoms with Gasteiger partial charge in [-0.15, -0.1) is 0 Å². The number of hydrogen-bond donors (Lipinski definition) is 1. The Hall–Kier alpha value is -4.30. The SMILES string of the molecule is [C-]#[N+]c1ccc(-c2ccc(C(NC(=O)OC(C)(C)C)C(=O)N3CCOCC3)cn2)c(OC2=[N+](C)N=C(C3CC3)C2)c1. The molecule has 0 radical (unpaired) electrons. The Bertz CT molecular complexity index is 1430. The van der Waals surface area contributed by atoms with Crippen LogP contribution in [0.5, 0.6) is 5.75 Å². The number of carbonyl (C=O) groups is 2. The largest absolute Gasteiger partial charge is 0.444 e. The van der Waals surface area contributed by atoms with Crippen molar-refractivity contribution in [1.29, 1.82) is 0 Å². The molecule has 2 amide bonds. The van der Waals surface area contributed by atoms with E-state index in [0.717, 1.165) is 18.6 Å². The number of nitrogens with one attached hydrogen (secondary N) is 1. The topological polar surface area (TPSA) is 110 Å². The highest BCUT2D eigenvalue weighted by molar-refractivity contribution is 6.04. The zero-order valence-electron chi connectivity index (χ0n) is 23.8. The van der Waals surface area contributed by atoms with Gasteiger partial charge in [0, 0.05) is 36.3 Å². The van der Waals surface area contributed by atoms with Crippen LogP contribution < -0.4 is 10.1 Å². The summed E-state index contributed by atoms with van der Waals surface area (Å²) in [4.78, 5) is 36.0. The van der Waals surface area contributed by atoms with Gasteiger partial charge in [-0.25, -0.2) is 9.64 Å². The molecule has 2 aromatic rings. The number of alkyl carbamates (subject to hydrolysis) is 1. The summed E-state index contributed by atoms with van der Waals surface area (Å²) in [5.74, 6) is 1.47. The Morgan fingerprint density at radius 3 is 2.59 bits per heavy atom. The van der Waals surface area contributed by atoms with Gasteiger partial charge in [0.1, 0.15) is 29.5 Å². The van der Waals surface area contributed by atoms with Crippen molar-refractivity contribution in [3.8, 4) is 17.0 Å². The van der Waals surface area contributed by atoms with Crippen LogP contribution >= 0.6 is 0 Å². The highest BCUT2D eigenvalue weighted by Crippen LogP contribution is 2.36.